The largest absolute Gasteiger partial charge is 0.304 e. The Balaban J connectivity index is 1.25. The lowest BCUT2D eigenvalue weighted by molar-refractivity contribution is 0.549. The number of para-hydroxylation sites is 1. The molecule has 0 radical (unpaired) electrons. The number of hydrogen-bond donors (Lipinski definition) is 0. The number of anilines is 3. The fourth-order valence-corrected chi connectivity index (χ4v) is 8.95. The third kappa shape index (κ3) is 5.16. The Labute approximate surface area is 320 Å². The van der Waals surface area contributed by atoms with Crippen LogP contribution in [0.1, 0.15) is 66.5 Å². The summed E-state index contributed by atoms with van der Waals surface area (Å²) in [6.07, 6.45) is 0. The standard InChI is InChI=1S/C48H43N7/c1-45(2)34-18-13-12-17-32(34)33-27-29(21-24-35(33)45)31-23-26-39(44-41(31)51-48(7,8)54-44)55(37-20-14-19-36-42(37)52-46(3,4)49-36)38-25-22-30(28-15-10-9-11-16-28)40-43(38)53-47(5,6)50-40/h9-27H,1-8H3. The molecule has 55 heavy (non-hydrogen) atoms. The molecule has 270 valence electrons. The summed E-state index contributed by atoms with van der Waals surface area (Å²) in [5.41, 5.74) is 10.4. The molecule has 6 aromatic carbocycles. The van der Waals surface area contributed by atoms with Gasteiger partial charge >= 0.3 is 0 Å². The molecule has 0 saturated carbocycles. The summed E-state index contributed by atoms with van der Waals surface area (Å²) in [6, 6.07) is 41.1. The van der Waals surface area contributed by atoms with Crippen molar-refractivity contribution in [2.75, 3.05) is 4.90 Å². The third-order valence-corrected chi connectivity index (χ3v) is 11.3. The van der Waals surface area contributed by atoms with Gasteiger partial charge in [0.25, 0.3) is 0 Å². The molecule has 0 N–H and O–H groups in total. The number of rotatable bonds is 5. The van der Waals surface area contributed by atoms with E-state index in [2.05, 4.69) is 150 Å². The van der Waals surface area contributed by atoms with Crippen molar-refractivity contribution in [3.05, 3.63) is 159 Å². The summed E-state index contributed by atoms with van der Waals surface area (Å²) >= 11 is 0. The summed E-state index contributed by atoms with van der Waals surface area (Å²) in [4.78, 5) is 33.6. The number of hydrogen-bond acceptors (Lipinski definition) is 7. The molecule has 0 aromatic heterocycles. The molecule has 1 aliphatic carbocycles. The van der Waals surface area contributed by atoms with Gasteiger partial charge in [-0.2, -0.15) is 0 Å². The van der Waals surface area contributed by atoms with E-state index in [1.54, 1.807) is 0 Å². The second-order valence-electron chi connectivity index (χ2n) is 17.1. The van der Waals surface area contributed by atoms with Gasteiger partial charge in [0.15, 0.2) is 0 Å². The van der Waals surface area contributed by atoms with Crippen LogP contribution < -0.4 is 37.0 Å². The van der Waals surface area contributed by atoms with E-state index in [9.17, 15) is 0 Å². The summed E-state index contributed by atoms with van der Waals surface area (Å²) < 4.78 is 0. The van der Waals surface area contributed by atoms with Crippen LogP contribution in [0.15, 0.2) is 145 Å². The molecule has 0 saturated heterocycles. The lowest BCUT2D eigenvalue weighted by Crippen LogP contribution is -2.38. The van der Waals surface area contributed by atoms with Gasteiger partial charge in [0.05, 0.1) is 33.1 Å². The highest BCUT2D eigenvalue weighted by atomic mass is 15.2. The van der Waals surface area contributed by atoms with E-state index in [0.29, 0.717) is 0 Å². The molecule has 7 nitrogen and oxygen atoms in total. The molecular weight excluding hydrogens is 675 g/mol. The predicted molar refractivity (Wildman–Crippen MR) is 219 cm³/mol. The highest BCUT2D eigenvalue weighted by molar-refractivity contribution is 5.85. The molecule has 0 amide bonds. The number of fused-ring (bicyclic) bond motifs is 6. The zero-order valence-corrected chi connectivity index (χ0v) is 32.6. The Morgan fingerprint density at radius 1 is 0.364 bits per heavy atom. The van der Waals surface area contributed by atoms with Crippen molar-refractivity contribution in [1.29, 1.82) is 0 Å². The highest BCUT2D eigenvalue weighted by Gasteiger charge is 2.36. The first-order chi connectivity index (χ1) is 26.2. The molecule has 0 bridgehead atoms. The molecule has 10 rings (SSSR count). The van der Waals surface area contributed by atoms with Gasteiger partial charge in [-0.25, -0.2) is 0 Å². The lowest BCUT2D eigenvalue weighted by atomic mass is 9.82. The van der Waals surface area contributed by atoms with Crippen LogP contribution in [0.2, 0.25) is 0 Å². The van der Waals surface area contributed by atoms with Crippen molar-refractivity contribution in [2.24, 2.45) is 30.0 Å². The summed E-state index contributed by atoms with van der Waals surface area (Å²) in [7, 11) is 0. The van der Waals surface area contributed by atoms with Crippen LogP contribution in [0.25, 0.3) is 33.4 Å². The Morgan fingerprint density at radius 2 is 0.891 bits per heavy atom. The molecule has 6 aromatic rings. The van der Waals surface area contributed by atoms with Crippen LogP contribution in [0.4, 0.5) is 17.1 Å². The monoisotopic (exact) mass is 717 g/mol. The van der Waals surface area contributed by atoms with Crippen LogP contribution in [-0.4, -0.2) is 17.0 Å². The fraction of sp³-hybridized carbons (Fsp3) is 0.250. The van der Waals surface area contributed by atoms with Gasteiger partial charge in [-0.3, -0.25) is 30.0 Å². The Bertz CT molecular complexity index is 3050. The maximum atomic E-state index is 5.37. The SMILES string of the molecule is CC1(C)N=c2cccc(N(c3ccc(-c4ccccc4)c4c3=NC(C)(C)N=4)c3ccc(-c4ccc5c(c4)-c4ccccc4C5(C)C)c4c3=NC(C)(C)N=4)c2=N1. The van der Waals surface area contributed by atoms with Gasteiger partial charge in [0.2, 0.25) is 0 Å². The molecule has 3 aliphatic heterocycles. The topological polar surface area (TPSA) is 77.4 Å². The summed E-state index contributed by atoms with van der Waals surface area (Å²) in [5, 5.41) is 5.14. The van der Waals surface area contributed by atoms with Crippen LogP contribution in [0.3, 0.4) is 0 Å². The van der Waals surface area contributed by atoms with E-state index in [4.69, 9.17) is 30.0 Å². The first kappa shape index (κ1) is 33.5. The first-order valence-electron chi connectivity index (χ1n) is 19.1. The summed E-state index contributed by atoms with van der Waals surface area (Å²) in [6.45, 7) is 17.0. The maximum Gasteiger partial charge on any atom is 0.146 e. The smallest absolute Gasteiger partial charge is 0.146 e. The van der Waals surface area contributed by atoms with Crippen molar-refractivity contribution in [2.45, 2.75) is 77.8 Å². The average molecular weight is 718 g/mol. The molecule has 7 heteroatoms. The van der Waals surface area contributed by atoms with E-state index in [1.807, 2.05) is 26.0 Å². The van der Waals surface area contributed by atoms with E-state index in [-0.39, 0.29) is 5.41 Å². The Kier molecular flexibility index (Phi) is 6.84. The van der Waals surface area contributed by atoms with Gasteiger partial charge in [-0.1, -0.05) is 86.6 Å². The second-order valence-corrected chi connectivity index (χ2v) is 17.1. The predicted octanol–water partition coefficient (Wildman–Crippen LogP) is 7.76. The Morgan fingerprint density at radius 3 is 1.56 bits per heavy atom. The maximum absolute atomic E-state index is 5.37. The van der Waals surface area contributed by atoms with Gasteiger partial charge < -0.3 is 4.90 Å². The first-order valence-corrected chi connectivity index (χ1v) is 19.1. The Hall–Kier alpha value is -6.08. The minimum absolute atomic E-state index is 0.0669. The molecule has 0 unspecified atom stereocenters. The minimum atomic E-state index is -0.661. The fourth-order valence-electron chi connectivity index (χ4n) is 8.95. The van der Waals surface area contributed by atoms with Gasteiger partial charge in [-0.15, -0.1) is 0 Å². The van der Waals surface area contributed by atoms with Gasteiger partial charge in [0.1, 0.15) is 33.1 Å². The number of benzene rings is 6. The van der Waals surface area contributed by atoms with E-state index in [0.717, 1.165) is 71.5 Å². The van der Waals surface area contributed by atoms with Crippen LogP contribution in [0, 0.1) is 0 Å². The third-order valence-electron chi connectivity index (χ3n) is 11.3. The minimum Gasteiger partial charge on any atom is -0.304 e. The van der Waals surface area contributed by atoms with Crippen molar-refractivity contribution in [3.8, 4) is 33.4 Å². The quantitative estimate of drug-likeness (QED) is 0.180. The van der Waals surface area contributed by atoms with E-state index < -0.39 is 17.0 Å². The summed E-state index contributed by atoms with van der Waals surface area (Å²) in [5.74, 6) is 0. The normalized spacial score (nSPS) is 17.8. The molecule has 3 heterocycles. The van der Waals surface area contributed by atoms with Crippen molar-refractivity contribution >= 4 is 17.1 Å². The highest BCUT2D eigenvalue weighted by Crippen LogP contribution is 2.49. The molecular formula is C48H43N7. The van der Waals surface area contributed by atoms with E-state index in [1.165, 1.54) is 22.3 Å². The van der Waals surface area contributed by atoms with E-state index >= 15 is 0 Å². The van der Waals surface area contributed by atoms with Gasteiger partial charge in [0, 0.05) is 16.5 Å². The number of nitrogens with zero attached hydrogens (tertiary/aromatic N) is 7. The van der Waals surface area contributed by atoms with Crippen molar-refractivity contribution in [3.63, 3.8) is 0 Å². The van der Waals surface area contributed by atoms with Crippen LogP contribution in [0.5, 0.6) is 0 Å². The molecule has 0 spiro atoms. The van der Waals surface area contributed by atoms with Crippen molar-refractivity contribution < 1.29 is 0 Å². The molecule has 0 atom stereocenters. The van der Waals surface area contributed by atoms with Crippen LogP contribution >= 0.6 is 0 Å². The zero-order chi connectivity index (χ0) is 38.1. The average Bonchev–Trinajstić information content (AvgIpc) is 3.84. The lowest BCUT2D eigenvalue weighted by Gasteiger charge is -2.26. The second kappa shape index (κ2) is 11.2. The zero-order valence-electron chi connectivity index (χ0n) is 32.6. The van der Waals surface area contributed by atoms with Crippen LogP contribution in [-0.2, 0) is 5.41 Å². The molecule has 4 aliphatic rings. The van der Waals surface area contributed by atoms with Gasteiger partial charge in [-0.05, 0) is 117 Å². The molecule has 0 fully saturated rings. The van der Waals surface area contributed by atoms with Crippen molar-refractivity contribution in [1.82, 2.24) is 0 Å².